The van der Waals surface area contributed by atoms with Crippen molar-refractivity contribution in [2.75, 3.05) is 13.1 Å². The molecule has 9 heteroatoms. The number of carbonyl (C=O) groups is 1. The number of amides is 1. The van der Waals surface area contributed by atoms with E-state index in [0.717, 1.165) is 18.5 Å². The minimum absolute atomic E-state index is 0.0490. The van der Waals surface area contributed by atoms with Crippen molar-refractivity contribution in [1.82, 2.24) is 14.7 Å². The van der Waals surface area contributed by atoms with Crippen LogP contribution in [0.4, 0.5) is 18.0 Å². The maximum atomic E-state index is 13.3. The number of nitrogens with zero attached hydrogens (tertiary/aromatic N) is 3. The number of hydrogen-bond donors (Lipinski definition) is 0. The molecule has 156 valence electrons. The van der Waals surface area contributed by atoms with Crippen molar-refractivity contribution in [3.05, 3.63) is 52.3 Å². The van der Waals surface area contributed by atoms with E-state index in [4.69, 9.17) is 16.3 Å². The molecule has 1 aliphatic carbocycles. The minimum Gasteiger partial charge on any atom is -0.374 e. The Morgan fingerprint density at radius 2 is 1.93 bits per heavy atom. The monoisotopic (exact) mass is 427 g/mol. The maximum Gasteiger partial charge on any atom is 0.418 e. The van der Waals surface area contributed by atoms with E-state index in [0.29, 0.717) is 24.9 Å². The number of carbonyl (C=O) groups excluding carboxylic acids is 1. The molecule has 29 heavy (non-hydrogen) atoms. The molecule has 0 radical (unpaired) electrons. The Kier molecular flexibility index (Phi) is 5.33. The molecule has 1 aromatic carbocycles. The Hall–Kier alpha value is -2.06. The van der Waals surface area contributed by atoms with E-state index in [1.807, 2.05) is 6.92 Å². The van der Waals surface area contributed by atoms with Crippen molar-refractivity contribution in [2.45, 2.75) is 38.7 Å². The molecule has 2 heterocycles. The summed E-state index contributed by atoms with van der Waals surface area (Å²) in [6.07, 6.45) is -1.52. The summed E-state index contributed by atoms with van der Waals surface area (Å²) < 4.78 is 47.0. The van der Waals surface area contributed by atoms with Crippen LogP contribution < -0.4 is 0 Å². The lowest BCUT2D eigenvalue weighted by atomic mass is 10.0. The van der Waals surface area contributed by atoms with Crippen molar-refractivity contribution in [3.8, 4) is 0 Å². The van der Waals surface area contributed by atoms with Crippen LogP contribution in [0, 0.1) is 18.8 Å². The zero-order valence-corrected chi connectivity index (χ0v) is 16.6. The van der Waals surface area contributed by atoms with Gasteiger partial charge in [-0.05, 0) is 49.3 Å². The average Bonchev–Trinajstić information content (AvgIpc) is 3.32. The van der Waals surface area contributed by atoms with Gasteiger partial charge in [0.05, 0.1) is 29.0 Å². The number of fused-ring (bicyclic) bond motifs is 1. The number of rotatable bonds is 3. The van der Waals surface area contributed by atoms with E-state index in [1.54, 1.807) is 17.2 Å². The van der Waals surface area contributed by atoms with Gasteiger partial charge in [-0.3, -0.25) is 0 Å². The molecule has 0 spiro atoms. The first kappa shape index (κ1) is 20.2. The predicted octanol–water partition coefficient (Wildman–Crippen LogP) is 4.76. The smallest absolute Gasteiger partial charge is 0.374 e. The summed E-state index contributed by atoms with van der Waals surface area (Å²) in [4.78, 5) is 14.3. The molecule has 1 aliphatic heterocycles. The van der Waals surface area contributed by atoms with Gasteiger partial charge in [-0.1, -0.05) is 23.7 Å². The Labute approximate surface area is 171 Å². The molecule has 2 aliphatic rings. The lowest BCUT2D eigenvalue weighted by Gasteiger charge is -2.20. The van der Waals surface area contributed by atoms with Crippen LogP contribution in [0.3, 0.4) is 0 Å². The fourth-order valence-corrected chi connectivity index (χ4v) is 4.72. The van der Waals surface area contributed by atoms with Crippen molar-refractivity contribution in [3.63, 3.8) is 0 Å². The summed E-state index contributed by atoms with van der Waals surface area (Å²) in [6, 6.07) is 5.78. The maximum absolute atomic E-state index is 13.3. The van der Waals surface area contributed by atoms with E-state index in [-0.39, 0.29) is 29.3 Å². The van der Waals surface area contributed by atoms with Crippen LogP contribution in [0.5, 0.6) is 0 Å². The van der Waals surface area contributed by atoms with E-state index in [9.17, 15) is 18.0 Å². The standard InChI is InChI=1S/C20H21ClF3N3O2/c1-12-5-6-27(25-12)19(28)26-9-14-7-16(8-15(14)10-26)29-11-13-3-2-4-17(21)18(13)20(22,23)24/h2-6,14-16H,7-11H2,1H3. The summed E-state index contributed by atoms with van der Waals surface area (Å²) in [5.41, 5.74) is 0.00417. The average molecular weight is 428 g/mol. The predicted molar refractivity (Wildman–Crippen MR) is 101 cm³/mol. The molecule has 2 aromatic rings. The van der Waals surface area contributed by atoms with Crippen LogP contribution in [0.2, 0.25) is 5.02 Å². The zero-order valence-electron chi connectivity index (χ0n) is 15.8. The van der Waals surface area contributed by atoms with Gasteiger partial charge >= 0.3 is 12.2 Å². The van der Waals surface area contributed by atoms with Crippen molar-refractivity contribution >= 4 is 17.6 Å². The van der Waals surface area contributed by atoms with Crippen LogP contribution in [0.25, 0.3) is 0 Å². The molecule has 2 unspecified atom stereocenters. The molecule has 1 aromatic heterocycles. The quantitative estimate of drug-likeness (QED) is 0.709. The number of hydrogen-bond acceptors (Lipinski definition) is 3. The van der Waals surface area contributed by atoms with Gasteiger partial charge in [0.2, 0.25) is 0 Å². The summed E-state index contributed by atoms with van der Waals surface area (Å²) in [5, 5.41) is 3.85. The first-order valence-electron chi connectivity index (χ1n) is 9.50. The number of alkyl halides is 3. The summed E-state index contributed by atoms with van der Waals surface area (Å²) in [7, 11) is 0. The van der Waals surface area contributed by atoms with Gasteiger partial charge in [-0.25, -0.2) is 4.79 Å². The van der Waals surface area contributed by atoms with Crippen molar-refractivity contribution < 1.29 is 22.7 Å². The Morgan fingerprint density at radius 3 is 2.52 bits per heavy atom. The van der Waals surface area contributed by atoms with Gasteiger partial charge < -0.3 is 9.64 Å². The van der Waals surface area contributed by atoms with Gasteiger partial charge in [-0.2, -0.15) is 23.0 Å². The summed E-state index contributed by atoms with van der Waals surface area (Å²) >= 11 is 5.76. The van der Waals surface area contributed by atoms with Crippen LogP contribution in [0.15, 0.2) is 30.5 Å². The Bertz CT molecular complexity index is 901. The molecule has 4 rings (SSSR count). The molecular weight excluding hydrogens is 407 g/mol. The largest absolute Gasteiger partial charge is 0.418 e. The number of benzene rings is 1. The minimum atomic E-state index is -4.52. The molecule has 1 amide bonds. The molecular formula is C20H21ClF3N3O2. The second kappa shape index (κ2) is 7.65. The van der Waals surface area contributed by atoms with Crippen LogP contribution >= 0.6 is 11.6 Å². The first-order valence-corrected chi connectivity index (χ1v) is 9.88. The van der Waals surface area contributed by atoms with E-state index < -0.39 is 11.7 Å². The van der Waals surface area contributed by atoms with E-state index in [2.05, 4.69) is 5.10 Å². The topological polar surface area (TPSA) is 47.4 Å². The zero-order chi connectivity index (χ0) is 20.8. The molecule has 1 saturated carbocycles. The fourth-order valence-electron chi connectivity index (χ4n) is 4.42. The third kappa shape index (κ3) is 4.14. The van der Waals surface area contributed by atoms with Gasteiger partial charge in [0.25, 0.3) is 0 Å². The molecule has 5 nitrogen and oxygen atoms in total. The first-order chi connectivity index (χ1) is 13.7. The highest BCUT2D eigenvalue weighted by Gasteiger charge is 2.43. The number of aromatic nitrogens is 2. The second-order valence-corrected chi connectivity index (χ2v) is 8.19. The number of aryl methyl sites for hydroxylation is 1. The molecule has 2 atom stereocenters. The molecule has 1 saturated heterocycles. The molecule has 2 fully saturated rings. The second-order valence-electron chi connectivity index (χ2n) is 7.79. The van der Waals surface area contributed by atoms with Crippen LogP contribution in [-0.4, -0.2) is 39.9 Å². The lowest BCUT2D eigenvalue weighted by Crippen LogP contribution is -2.34. The Morgan fingerprint density at radius 1 is 1.24 bits per heavy atom. The molecule has 0 bridgehead atoms. The number of ether oxygens (including phenoxy) is 1. The van der Waals surface area contributed by atoms with Gasteiger partial charge in [0.1, 0.15) is 0 Å². The number of halogens is 4. The van der Waals surface area contributed by atoms with E-state index >= 15 is 0 Å². The highest BCUT2D eigenvalue weighted by Crippen LogP contribution is 2.41. The molecule has 0 N–H and O–H groups in total. The van der Waals surface area contributed by atoms with Gasteiger partial charge in [0.15, 0.2) is 0 Å². The Balaban J connectivity index is 1.34. The third-order valence-corrected chi connectivity index (χ3v) is 6.07. The van der Waals surface area contributed by atoms with Crippen molar-refractivity contribution in [2.24, 2.45) is 11.8 Å². The van der Waals surface area contributed by atoms with Gasteiger partial charge in [-0.15, -0.1) is 0 Å². The van der Waals surface area contributed by atoms with Crippen LogP contribution in [0.1, 0.15) is 29.7 Å². The fraction of sp³-hybridized carbons (Fsp3) is 0.500. The highest BCUT2D eigenvalue weighted by molar-refractivity contribution is 6.31. The van der Waals surface area contributed by atoms with Crippen LogP contribution in [-0.2, 0) is 17.5 Å². The summed E-state index contributed by atoms with van der Waals surface area (Å²) in [5.74, 6) is 0.587. The summed E-state index contributed by atoms with van der Waals surface area (Å²) in [6.45, 7) is 2.93. The number of likely N-dealkylation sites (tertiary alicyclic amines) is 1. The normalized spacial score (nSPS) is 24.2. The highest BCUT2D eigenvalue weighted by atomic mass is 35.5. The van der Waals surface area contributed by atoms with Gasteiger partial charge in [0, 0.05) is 19.3 Å². The SMILES string of the molecule is Cc1ccn(C(=O)N2CC3CC(OCc4cccc(Cl)c4C(F)(F)F)CC3C2)n1. The third-order valence-electron chi connectivity index (χ3n) is 5.75. The lowest BCUT2D eigenvalue weighted by molar-refractivity contribution is -0.139. The van der Waals surface area contributed by atoms with E-state index in [1.165, 1.54) is 22.9 Å². The van der Waals surface area contributed by atoms with Crippen molar-refractivity contribution in [1.29, 1.82) is 0 Å².